The molecule has 0 aliphatic carbocycles. The average Bonchev–Trinajstić information content (AvgIpc) is 2.91. The van der Waals surface area contributed by atoms with Crippen LogP contribution < -0.4 is 0 Å². The lowest BCUT2D eigenvalue weighted by atomic mass is 9.86. The van der Waals surface area contributed by atoms with Crippen molar-refractivity contribution < 1.29 is 9.59 Å². The Balaban J connectivity index is 1.40. The van der Waals surface area contributed by atoms with E-state index in [0.717, 1.165) is 25.2 Å². The Kier molecular flexibility index (Phi) is 5.18. The second kappa shape index (κ2) is 7.76. The van der Waals surface area contributed by atoms with E-state index in [4.69, 9.17) is 0 Å². The number of hydrogen-bond donors (Lipinski definition) is 0. The molecule has 2 aromatic rings. The van der Waals surface area contributed by atoms with Crippen LogP contribution in [0, 0.1) is 0 Å². The number of benzene rings is 2. The number of urea groups is 1. The van der Waals surface area contributed by atoms with Crippen LogP contribution in [0.5, 0.6) is 0 Å². The van der Waals surface area contributed by atoms with E-state index in [1.54, 1.807) is 11.9 Å². The molecule has 146 valence electrons. The number of hydrogen-bond acceptors (Lipinski definition) is 3. The molecule has 2 fully saturated rings. The Labute approximate surface area is 166 Å². The molecule has 0 bridgehead atoms. The van der Waals surface area contributed by atoms with E-state index in [9.17, 15) is 9.59 Å². The zero-order chi connectivity index (χ0) is 19.6. The Morgan fingerprint density at radius 1 is 0.857 bits per heavy atom. The van der Waals surface area contributed by atoms with Gasteiger partial charge < -0.3 is 4.90 Å². The molecular weight excluding hydrogens is 350 g/mol. The molecule has 0 unspecified atom stereocenters. The number of amides is 3. The van der Waals surface area contributed by atoms with Crippen molar-refractivity contribution in [1.29, 1.82) is 0 Å². The molecule has 0 radical (unpaired) electrons. The number of likely N-dealkylation sites (tertiary alicyclic amines) is 1. The second-order valence-electron chi connectivity index (χ2n) is 7.83. The number of imide groups is 1. The minimum absolute atomic E-state index is 0.0182. The highest BCUT2D eigenvalue weighted by Gasteiger charge is 2.56. The van der Waals surface area contributed by atoms with Gasteiger partial charge >= 0.3 is 6.03 Å². The molecule has 2 saturated heterocycles. The van der Waals surface area contributed by atoms with Crippen molar-refractivity contribution in [2.24, 2.45) is 0 Å². The summed E-state index contributed by atoms with van der Waals surface area (Å²) < 4.78 is 0. The van der Waals surface area contributed by atoms with Gasteiger partial charge in [-0.25, -0.2) is 4.79 Å². The first-order chi connectivity index (χ1) is 13.6. The summed E-state index contributed by atoms with van der Waals surface area (Å²) in [7, 11) is 1.79. The summed E-state index contributed by atoms with van der Waals surface area (Å²) in [6, 6.07) is 20.3. The van der Waals surface area contributed by atoms with Crippen LogP contribution in [0.2, 0.25) is 0 Å². The normalized spacial score (nSPS) is 19.6. The summed E-state index contributed by atoms with van der Waals surface area (Å²) in [6.07, 6.45) is 2.09. The monoisotopic (exact) mass is 377 g/mol. The van der Waals surface area contributed by atoms with Gasteiger partial charge in [-0.3, -0.25) is 14.6 Å². The molecular formula is C23H27N3O2. The lowest BCUT2D eigenvalue weighted by Crippen LogP contribution is -2.55. The molecule has 0 aromatic heterocycles. The fraction of sp³-hybridized carbons (Fsp3) is 0.391. The molecule has 5 heteroatoms. The maximum absolute atomic E-state index is 13.2. The van der Waals surface area contributed by atoms with Gasteiger partial charge in [-0.05, 0) is 30.4 Å². The lowest BCUT2D eigenvalue weighted by molar-refractivity contribution is -0.135. The summed E-state index contributed by atoms with van der Waals surface area (Å²) in [5.74, 6) is -0.0182. The largest absolute Gasteiger partial charge is 0.327 e. The van der Waals surface area contributed by atoms with Gasteiger partial charge in [-0.1, -0.05) is 60.7 Å². The van der Waals surface area contributed by atoms with E-state index in [1.807, 2.05) is 36.4 Å². The first-order valence-electron chi connectivity index (χ1n) is 10.0. The third-order valence-corrected chi connectivity index (χ3v) is 6.20. The van der Waals surface area contributed by atoms with Gasteiger partial charge in [0.1, 0.15) is 5.54 Å². The van der Waals surface area contributed by atoms with E-state index in [0.29, 0.717) is 25.8 Å². The molecule has 2 heterocycles. The highest BCUT2D eigenvalue weighted by molar-refractivity contribution is 6.07. The van der Waals surface area contributed by atoms with Crippen molar-refractivity contribution in [3.05, 3.63) is 71.8 Å². The van der Waals surface area contributed by atoms with Crippen LogP contribution in [0.4, 0.5) is 4.79 Å². The molecule has 1 spiro atoms. The van der Waals surface area contributed by atoms with Crippen molar-refractivity contribution >= 4 is 11.9 Å². The SMILES string of the molecule is CN1C(=O)N(CCc2ccccc2)C(=O)C12CCN(Cc1ccccc1)CC2. The van der Waals surface area contributed by atoms with Crippen LogP contribution in [0.1, 0.15) is 24.0 Å². The zero-order valence-corrected chi connectivity index (χ0v) is 16.4. The predicted octanol–water partition coefficient (Wildman–Crippen LogP) is 3.16. The van der Waals surface area contributed by atoms with E-state index in [1.165, 1.54) is 10.5 Å². The van der Waals surface area contributed by atoms with E-state index >= 15 is 0 Å². The number of nitrogens with zero attached hydrogens (tertiary/aromatic N) is 3. The Bertz CT molecular complexity index is 829. The maximum Gasteiger partial charge on any atom is 0.327 e. The quantitative estimate of drug-likeness (QED) is 0.752. The average molecular weight is 377 g/mol. The van der Waals surface area contributed by atoms with Crippen LogP contribution in [-0.2, 0) is 17.8 Å². The van der Waals surface area contributed by atoms with E-state index in [2.05, 4.69) is 29.2 Å². The van der Waals surface area contributed by atoms with Crippen molar-refractivity contribution in [2.75, 3.05) is 26.7 Å². The Morgan fingerprint density at radius 2 is 1.43 bits per heavy atom. The van der Waals surface area contributed by atoms with Gasteiger partial charge in [0.05, 0.1) is 0 Å². The molecule has 3 amide bonds. The third-order valence-electron chi connectivity index (χ3n) is 6.20. The fourth-order valence-corrected chi connectivity index (χ4v) is 4.40. The van der Waals surface area contributed by atoms with Crippen LogP contribution >= 0.6 is 0 Å². The molecule has 2 aliphatic rings. The molecule has 2 aliphatic heterocycles. The summed E-state index contributed by atoms with van der Waals surface area (Å²) in [5.41, 5.74) is 1.76. The van der Waals surface area contributed by atoms with Gasteiger partial charge in [-0.2, -0.15) is 0 Å². The maximum atomic E-state index is 13.2. The molecule has 4 rings (SSSR count). The molecule has 2 aromatic carbocycles. The number of rotatable bonds is 5. The predicted molar refractivity (Wildman–Crippen MR) is 109 cm³/mol. The van der Waals surface area contributed by atoms with Crippen molar-refractivity contribution in [3.8, 4) is 0 Å². The number of carbonyl (C=O) groups excluding carboxylic acids is 2. The first-order valence-corrected chi connectivity index (χ1v) is 10.0. The summed E-state index contributed by atoms with van der Waals surface area (Å²) in [5, 5.41) is 0. The summed E-state index contributed by atoms with van der Waals surface area (Å²) in [6.45, 7) is 2.98. The minimum atomic E-state index is -0.666. The Morgan fingerprint density at radius 3 is 2.04 bits per heavy atom. The van der Waals surface area contributed by atoms with Gasteiger partial charge in [0.15, 0.2) is 0 Å². The van der Waals surface area contributed by atoms with Crippen molar-refractivity contribution in [3.63, 3.8) is 0 Å². The molecule has 5 nitrogen and oxygen atoms in total. The van der Waals surface area contributed by atoms with Crippen molar-refractivity contribution in [2.45, 2.75) is 31.3 Å². The second-order valence-corrected chi connectivity index (χ2v) is 7.83. The Hall–Kier alpha value is -2.66. The molecule has 28 heavy (non-hydrogen) atoms. The smallest absolute Gasteiger partial charge is 0.312 e. The molecule has 0 saturated carbocycles. The van der Waals surface area contributed by atoms with Gasteiger partial charge in [0.2, 0.25) is 0 Å². The van der Waals surface area contributed by atoms with Gasteiger partial charge in [0, 0.05) is 33.2 Å². The summed E-state index contributed by atoms with van der Waals surface area (Å²) in [4.78, 5) is 31.6. The standard InChI is InChI=1S/C23H27N3O2/c1-24-22(28)26(15-12-19-8-4-2-5-9-19)21(27)23(24)13-16-25(17-14-23)18-20-10-6-3-7-11-20/h2-11H,12-18H2,1H3. The van der Waals surface area contributed by atoms with Crippen LogP contribution in [0.3, 0.4) is 0 Å². The van der Waals surface area contributed by atoms with Gasteiger partial charge in [-0.15, -0.1) is 0 Å². The highest BCUT2D eigenvalue weighted by Crippen LogP contribution is 2.36. The van der Waals surface area contributed by atoms with Crippen LogP contribution in [0.15, 0.2) is 60.7 Å². The first kappa shape index (κ1) is 18.7. The zero-order valence-electron chi connectivity index (χ0n) is 16.4. The number of carbonyl (C=O) groups is 2. The molecule has 0 atom stereocenters. The minimum Gasteiger partial charge on any atom is -0.312 e. The third kappa shape index (κ3) is 3.42. The number of likely N-dealkylation sites (N-methyl/N-ethyl adjacent to an activating group) is 1. The van der Waals surface area contributed by atoms with E-state index in [-0.39, 0.29) is 11.9 Å². The number of piperidine rings is 1. The van der Waals surface area contributed by atoms with Crippen LogP contribution in [-0.4, -0.2) is 58.9 Å². The lowest BCUT2D eigenvalue weighted by Gasteiger charge is -2.40. The van der Waals surface area contributed by atoms with Gasteiger partial charge in [0.25, 0.3) is 5.91 Å². The van der Waals surface area contributed by atoms with Crippen LogP contribution in [0.25, 0.3) is 0 Å². The molecule has 0 N–H and O–H groups in total. The van der Waals surface area contributed by atoms with E-state index < -0.39 is 5.54 Å². The fourth-order valence-electron chi connectivity index (χ4n) is 4.40. The van der Waals surface area contributed by atoms with Crippen molar-refractivity contribution in [1.82, 2.24) is 14.7 Å². The topological polar surface area (TPSA) is 43.9 Å². The summed E-state index contributed by atoms with van der Waals surface area (Å²) >= 11 is 0. The highest BCUT2D eigenvalue weighted by atomic mass is 16.2.